The first kappa shape index (κ1) is 9.33. The Labute approximate surface area is 94.6 Å². The first-order chi connectivity index (χ1) is 7.93. The lowest BCUT2D eigenvalue weighted by Gasteiger charge is -2.30. The topological polar surface area (TPSA) is 37.8 Å². The van der Waals surface area contributed by atoms with Crippen molar-refractivity contribution in [3.05, 3.63) is 54.0 Å². The summed E-state index contributed by atoms with van der Waals surface area (Å²) in [5.74, 6) is 1.48. The summed E-state index contributed by atoms with van der Waals surface area (Å²) in [5, 5.41) is 3.31. The lowest BCUT2D eigenvalue weighted by molar-refractivity contribution is 0.634. The van der Waals surface area contributed by atoms with Gasteiger partial charge in [-0.1, -0.05) is 24.3 Å². The maximum absolute atomic E-state index is 4.19. The van der Waals surface area contributed by atoms with Gasteiger partial charge in [-0.05, 0) is 17.5 Å². The fourth-order valence-corrected chi connectivity index (χ4v) is 2.16. The fraction of sp³-hybridized carbons (Fsp3) is 0.231. The molecule has 0 saturated heterocycles. The minimum Gasteiger partial charge on any atom is -0.368 e. The van der Waals surface area contributed by atoms with E-state index in [1.54, 1.807) is 18.6 Å². The number of fused-ring (bicyclic) bond motifs is 1. The molecule has 1 heterocycles. The Balaban J connectivity index is 1.63. The van der Waals surface area contributed by atoms with Gasteiger partial charge in [-0.2, -0.15) is 0 Å². The van der Waals surface area contributed by atoms with Crippen LogP contribution in [0.3, 0.4) is 0 Å². The molecule has 80 valence electrons. The lowest BCUT2D eigenvalue weighted by Crippen LogP contribution is -2.24. The number of nitrogens with zero attached hydrogens (tertiary/aromatic N) is 2. The largest absolute Gasteiger partial charge is 0.368 e. The predicted octanol–water partition coefficient (Wildman–Crippen LogP) is 2.23. The SMILES string of the molecule is c1ccc2c(c1)CC2CNc1cnccn1. The molecule has 0 aliphatic heterocycles. The van der Waals surface area contributed by atoms with Crippen LogP contribution in [0.5, 0.6) is 0 Å². The average Bonchev–Trinajstić information content (AvgIpc) is 2.32. The summed E-state index contributed by atoms with van der Waals surface area (Å²) in [7, 11) is 0. The molecule has 3 rings (SSSR count). The second-order valence-electron chi connectivity index (χ2n) is 4.07. The highest BCUT2D eigenvalue weighted by Crippen LogP contribution is 2.34. The van der Waals surface area contributed by atoms with Crippen LogP contribution in [0.2, 0.25) is 0 Å². The molecule has 3 nitrogen and oxygen atoms in total. The van der Waals surface area contributed by atoms with E-state index in [0.717, 1.165) is 12.4 Å². The smallest absolute Gasteiger partial charge is 0.144 e. The highest BCUT2D eigenvalue weighted by Gasteiger charge is 2.24. The number of anilines is 1. The van der Waals surface area contributed by atoms with Crippen LogP contribution in [-0.4, -0.2) is 16.5 Å². The average molecular weight is 211 g/mol. The monoisotopic (exact) mass is 211 g/mol. The summed E-state index contributed by atoms with van der Waals surface area (Å²) in [6.07, 6.45) is 6.31. The zero-order chi connectivity index (χ0) is 10.8. The van der Waals surface area contributed by atoms with Gasteiger partial charge in [-0.25, -0.2) is 4.98 Å². The van der Waals surface area contributed by atoms with Gasteiger partial charge in [0.15, 0.2) is 0 Å². The fourth-order valence-electron chi connectivity index (χ4n) is 2.16. The Morgan fingerprint density at radius 1 is 1.25 bits per heavy atom. The van der Waals surface area contributed by atoms with Gasteiger partial charge in [0.1, 0.15) is 5.82 Å². The van der Waals surface area contributed by atoms with Gasteiger partial charge in [0.25, 0.3) is 0 Å². The summed E-state index contributed by atoms with van der Waals surface area (Å²) < 4.78 is 0. The summed E-state index contributed by atoms with van der Waals surface area (Å²) in [5.41, 5.74) is 2.95. The van der Waals surface area contributed by atoms with E-state index in [4.69, 9.17) is 0 Å². The molecule has 0 amide bonds. The Kier molecular flexibility index (Phi) is 2.29. The Hall–Kier alpha value is -1.90. The summed E-state index contributed by atoms with van der Waals surface area (Å²) in [6, 6.07) is 8.62. The molecule has 1 N–H and O–H groups in total. The molecule has 1 unspecified atom stereocenters. The van der Waals surface area contributed by atoms with Crippen molar-refractivity contribution in [1.29, 1.82) is 0 Å². The van der Waals surface area contributed by atoms with Crippen molar-refractivity contribution in [2.45, 2.75) is 12.3 Å². The van der Waals surface area contributed by atoms with Crippen LogP contribution >= 0.6 is 0 Å². The molecule has 1 aromatic heterocycles. The van der Waals surface area contributed by atoms with Crippen LogP contribution < -0.4 is 5.32 Å². The van der Waals surface area contributed by atoms with E-state index < -0.39 is 0 Å². The quantitative estimate of drug-likeness (QED) is 0.846. The molecule has 2 aromatic rings. The molecule has 0 saturated carbocycles. The van der Waals surface area contributed by atoms with E-state index >= 15 is 0 Å². The van der Waals surface area contributed by atoms with Gasteiger partial charge in [0.2, 0.25) is 0 Å². The molecule has 1 aromatic carbocycles. The van der Waals surface area contributed by atoms with E-state index in [1.807, 2.05) is 0 Å². The third-order valence-electron chi connectivity index (χ3n) is 3.05. The Morgan fingerprint density at radius 2 is 2.19 bits per heavy atom. The lowest BCUT2D eigenvalue weighted by atomic mass is 9.78. The second-order valence-corrected chi connectivity index (χ2v) is 4.07. The van der Waals surface area contributed by atoms with Crippen LogP contribution in [-0.2, 0) is 6.42 Å². The van der Waals surface area contributed by atoms with E-state index in [0.29, 0.717) is 5.92 Å². The molecular formula is C13H13N3. The van der Waals surface area contributed by atoms with Crippen molar-refractivity contribution in [3.8, 4) is 0 Å². The minimum absolute atomic E-state index is 0.623. The van der Waals surface area contributed by atoms with E-state index in [1.165, 1.54) is 17.5 Å². The summed E-state index contributed by atoms with van der Waals surface area (Å²) in [6.45, 7) is 0.940. The zero-order valence-corrected chi connectivity index (χ0v) is 8.93. The zero-order valence-electron chi connectivity index (χ0n) is 8.93. The number of rotatable bonds is 3. The molecule has 0 radical (unpaired) electrons. The number of nitrogens with one attached hydrogen (secondary N) is 1. The number of benzene rings is 1. The van der Waals surface area contributed by atoms with Crippen molar-refractivity contribution >= 4 is 5.82 Å². The molecular weight excluding hydrogens is 198 g/mol. The summed E-state index contributed by atoms with van der Waals surface area (Å²) in [4.78, 5) is 8.22. The van der Waals surface area contributed by atoms with Crippen LogP contribution in [0.4, 0.5) is 5.82 Å². The molecule has 0 spiro atoms. The summed E-state index contributed by atoms with van der Waals surface area (Å²) >= 11 is 0. The molecule has 0 fully saturated rings. The van der Waals surface area contributed by atoms with Gasteiger partial charge in [0.05, 0.1) is 6.20 Å². The highest BCUT2D eigenvalue weighted by molar-refractivity contribution is 5.42. The molecule has 16 heavy (non-hydrogen) atoms. The Morgan fingerprint density at radius 3 is 3.00 bits per heavy atom. The third kappa shape index (κ3) is 1.65. The first-order valence-electron chi connectivity index (χ1n) is 5.51. The van der Waals surface area contributed by atoms with Crippen LogP contribution in [0, 0.1) is 0 Å². The van der Waals surface area contributed by atoms with E-state index in [-0.39, 0.29) is 0 Å². The normalized spacial score (nSPS) is 17.4. The van der Waals surface area contributed by atoms with E-state index in [9.17, 15) is 0 Å². The Bertz CT molecular complexity index is 482. The van der Waals surface area contributed by atoms with Crippen molar-refractivity contribution in [1.82, 2.24) is 9.97 Å². The van der Waals surface area contributed by atoms with Crippen molar-refractivity contribution in [2.24, 2.45) is 0 Å². The predicted molar refractivity (Wildman–Crippen MR) is 63.4 cm³/mol. The first-order valence-corrected chi connectivity index (χ1v) is 5.51. The van der Waals surface area contributed by atoms with Crippen molar-refractivity contribution in [2.75, 3.05) is 11.9 Å². The van der Waals surface area contributed by atoms with Crippen molar-refractivity contribution in [3.63, 3.8) is 0 Å². The third-order valence-corrected chi connectivity index (χ3v) is 3.05. The molecule has 0 bridgehead atoms. The number of hydrogen-bond acceptors (Lipinski definition) is 3. The molecule has 1 atom stereocenters. The highest BCUT2D eigenvalue weighted by atomic mass is 15.0. The minimum atomic E-state index is 0.623. The molecule has 1 aliphatic rings. The van der Waals surface area contributed by atoms with Gasteiger partial charge in [-0.15, -0.1) is 0 Å². The maximum atomic E-state index is 4.19. The van der Waals surface area contributed by atoms with Crippen LogP contribution in [0.25, 0.3) is 0 Å². The van der Waals surface area contributed by atoms with Crippen molar-refractivity contribution < 1.29 is 0 Å². The second kappa shape index (κ2) is 3.93. The standard InChI is InChI=1S/C13H13N3/c1-2-4-12-10(3-1)7-11(12)8-16-13-9-14-5-6-15-13/h1-6,9,11H,7-8H2,(H,15,16). The van der Waals surface area contributed by atoms with Gasteiger partial charge in [-0.3, -0.25) is 4.98 Å². The van der Waals surface area contributed by atoms with E-state index in [2.05, 4.69) is 39.6 Å². The van der Waals surface area contributed by atoms with Gasteiger partial charge in [0, 0.05) is 24.9 Å². The number of aromatic nitrogens is 2. The number of hydrogen-bond donors (Lipinski definition) is 1. The van der Waals surface area contributed by atoms with Crippen LogP contribution in [0.15, 0.2) is 42.9 Å². The van der Waals surface area contributed by atoms with Crippen LogP contribution in [0.1, 0.15) is 17.0 Å². The molecule has 1 aliphatic carbocycles. The van der Waals surface area contributed by atoms with Gasteiger partial charge >= 0.3 is 0 Å². The van der Waals surface area contributed by atoms with Gasteiger partial charge < -0.3 is 5.32 Å². The molecule has 3 heteroatoms. The maximum Gasteiger partial charge on any atom is 0.144 e.